The first kappa shape index (κ1) is 21.8. The maximum absolute atomic E-state index is 14.1. The molecule has 0 bridgehead atoms. The molecule has 3 rings (SSSR count). The van der Waals surface area contributed by atoms with Gasteiger partial charge in [-0.2, -0.15) is 0 Å². The van der Waals surface area contributed by atoms with E-state index in [1.807, 2.05) is 34.9 Å². The molecule has 0 aromatic heterocycles. The largest absolute Gasteiger partial charge is 0.377 e. The second-order valence-corrected chi connectivity index (χ2v) is 8.91. The number of rotatable bonds is 8. The molecule has 5 nitrogen and oxygen atoms in total. The van der Waals surface area contributed by atoms with E-state index < -0.39 is 16.4 Å². The minimum atomic E-state index is -1.11. The van der Waals surface area contributed by atoms with Gasteiger partial charge in [-0.25, -0.2) is 0 Å². The lowest BCUT2D eigenvalue weighted by Gasteiger charge is -2.69. The number of anilines is 1. The van der Waals surface area contributed by atoms with Crippen molar-refractivity contribution < 1.29 is 14.3 Å². The van der Waals surface area contributed by atoms with Crippen molar-refractivity contribution in [1.82, 2.24) is 4.90 Å². The normalized spacial score (nSPS) is 30.4. The first-order chi connectivity index (χ1) is 13.8. The van der Waals surface area contributed by atoms with E-state index in [-0.39, 0.29) is 11.8 Å². The van der Waals surface area contributed by atoms with Crippen molar-refractivity contribution >= 4 is 17.5 Å². The number of hydrogen-bond donors (Lipinski definition) is 0. The molecule has 0 saturated heterocycles. The Balaban J connectivity index is 2.24. The fourth-order valence-corrected chi connectivity index (χ4v) is 5.71. The Bertz CT molecular complexity index is 788. The van der Waals surface area contributed by atoms with Gasteiger partial charge in [-0.3, -0.25) is 9.59 Å². The maximum Gasteiger partial charge on any atom is 0.243 e. The average Bonchev–Trinajstić information content (AvgIpc) is 2.73. The van der Waals surface area contributed by atoms with Crippen LogP contribution in [0.1, 0.15) is 65.9 Å². The molecule has 1 fully saturated rings. The van der Waals surface area contributed by atoms with Crippen molar-refractivity contribution in [3.05, 3.63) is 29.8 Å². The van der Waals surface area contributed by atoms with Crippen LogP contribution in [0, 0.1) is 5.41 Å². The minimum Gasteiger partial charge on any atom is -0.377 e. The molecular formula is C24H36N2O3. The van der Waals surface area contributed by atoms with Crippen LogP contribution in [0.2, 0.25) is 0 Å². The van der Waals surface area contributed by atoms with Gasteiger partial charge >= 0.3 is 0 Å². The highest BCUT2D eigenvalue weighted by Gasteiger charge is 2.80. The van der Waals surface area contributed by atoms with E-state index in [9.17, 15) is 9.59 Å². The predicted molar refractivity (Wildman–Crippen MR) is 116 cm³/mol. The quantitative estimate of drug-likeness (QED) is 0.616. The number of hydrogen-bond acceptors (Lipinski definition) is 3. The van der Waals surface area contributed by atoms with Crippen LogP contribution in [-0.2, 0) is 19.7 Å². The fourth-order valence-electron chi connectivity index (χ4n) is 5.71. The van der Waals surface area contributed by atoms with Crippen molar-refractivity contribution in [2.24, 2.45) is 5.41 Å². The van der Waals surface area contributed by atoms with E-state index in [1.165, 1.54) is 0 Å². The third-order valence-corrected chi connectivity index (χ3v) is 7.39. The van der Waals surface area contributed by atoms with E-state index in [0.717, 1.165) is 30.5 Å². The van der Waals surface area contributed by atoms with Crippen molar-refractivity contribution in [2.75, 3.05) is 31.6 Å². The van der Waals surface area contributed by atoms with Gasteiger partial charge in [0.25, 0.3) is 0 Å². The van der Waals surface area contributed by atoms with Crippen LogP contribution in [0.4, 0.5) is 5.69 Å². The molecule has 3 atom stereocenters. The lowest BCUT2D eigenvalue weighted by molar-refractivity contribution is -0.223. The molecule has 2 aliphatic rings. The van der Waals surface area contributed by atoms with Crippen LogP contribution in [-0.4, -0.2) is 49.1 Å². The Morgan fingerprint density at radius 1 is 1.10 bits per heavy atom. The molecule has 29 heavy (non-hydrogen) atoms. The third kappa shape index (κ3) is 2.69. The number of ether oxygens (including phenoxy) is 1. The Morgan fingerprint density at radius 3 is 2.28 bits per heavy atom. The van der Waals surface area contributed by atoms with Crippen LogP contribution in [0.5, 0.6) is 0 Å². The molecular weight excluding hydrogens is 364 g/mol. The van der Waals surface area contributed by atoms with Crippen LogP contribution < -0.4 is 4.90 Å². The molecule has 160 valence electrons. The summed E-state index contributed by atoms with van der Waals surface area (Å²) in [5, 5.41) is 0. The molecule has 1 aliphatic heterocycles. The lowest BCUT2D eigenvalue weighted by atomic mass is 9.38. The van der Waals surface area contributed by atoms with E-state index in [1.54, 1.807) is 7.11 Å². The zero-order valence-electron chi connectivity index (χ0n) is 18.9. The number of methoxy groups -OCH3 is 1. The number of carbonyl (C=O) groups excluding carboxylic acids is 2. The molecule has 0 spiro atoms. The van der Waals surface area contributed by atoms with Crippen LogP contribution in [0.25, 0.3) is 0 Å². The first-order valence-electron chi connectivity index (χ1n) is 11.0. The summed E-state index contributed by atoms with van der Waals surface area (Å²) < 4.78 is 5.98. The zero-order valence-corrected chi connectivity index (χ0v) is 18.9. The Kier molecular flexibility index (Phi) is 5.83. The molecule has 1 heterocycles. The summed E-state index contributed by atoms with van der Waals surface area (Å²) in [7, 11) is 1.70. The summed E-state index contributed by atoms with van der Waals surface area (Å²) in [6.45, 7) is 12.3. The van der Waals surface area contributed by atoms with E-state index in [4.69, 9.17) is 4.74 Å². The summed E-state index contributed by atoms with van der Waals surface area (Å²) in [5.74, 6) is -0.0869. The maximum atomic E-state index is 14.1. The smallest absolute Gasteiger partial charge is 0.243 e. The van der Waals surface area contributed by atoms with Gasteiger partial charge in [0.2, 0.25) is 11.8 Å². The van der Waals surface area contributed by atoms with Gasteiger partial charge in [0.1, 0.15) is 5.41 Å². The Hall–Kier alpha value is -1.88. The number of carbonyl (C=O) groups is 2. The summed E-state index contributed by atoms with van der Waals surface area (Å²) in [5.41, 5.74) is -0.415. The van der Waals surface area contributed by atoms with E-state index in [2.05, 4.69) is 33.8 Å². The van der Waals surface area contributed by atoms with Gasteiger partial charge in [-0.15, -0.1) is 0 Å². The summed E-state index contributed by atoms with van der Waals surface area (Å²) >= 11 is 0. The van der Waals surface area contributed by atoms with Crippen molar-refractivity contribution in [1.29, 1.82) is 0 Å². The summed E-state index contributed by atoms with van der Waals surface area (Å²) in [4.78, 5) is 31.9. The summed E-state index contributed by atoms with van der Waals surface area (Å²) in [6, 6.07) is 8.05. The second kappa shape index (κ2) is 7.75. The van der Waals surface area contributed by atoms with Gasteiger partial charge in [0, 0.05) is 44.3 Å². The van der Waals surface area contributed by atoms with E-state index in [0.29, 0.717) is 26.1 Å². The Labute approximate surface area is 175 Å². The second-order valence-electron chi connectivity index (χ2n) is 8.91. The molecule has 2 amide bonds. The molecule has 1 saturated carbocycles. The highest BCUT2D eigenvalue weighted by atomic mass is 16.5. The van der Waals surface area contributed by atoms with Gasteiger partial charge in [-0.1, -0.05) is 45.9 Å². The minimum absolute atomic E-state index is 0.0289. The number of fused-ring (bicyclic) bond motifs is 3. The first-order valence-corrected chi connectivity index (χ1v) is 11.0. The third-order valence-electron chi connectivity index (χ3n) is 7.39. The molecule has 1 aromatic carbocycles. The molecule has 1 aromatic rings. The molecule has 1 aliphatic carbocycles. The van der Waals surface area contributed by atoms with Gasteiger partial charge < -0.3 is 14.5 Å². The Morgan fingerprint density at radius 2 is 1.72 bits per heavy atom. The zero-order chi connectivity index (χ0) is 21.4. The highest BCUT2D eigenvalue weighted by molar-refractivity contribution is 6.17. The highest BCUT2D eigenvalue weighted by Crippen LogP contribution is 2.69. The van der Waals surface area contributed by atoms with Crippen LogP contribution in [0.3, 0.4) is 0 Å². The number of para-hydroxylation sites is 1. The van der Waals surface area contributed by atoms with E-state index >= 15 is 0 Å². The molecule has 0 unspecified atom stereocenters. The number of benzene rings is 1. The van der Waals surface area contributed by atoms with Gasteiger partial charge in [-0.05, 0) is 37.8 Å². The topological polar surface area (TPSA) is 49.9 Å². The van der Waals surface area contributed by atoms with Gasteiger partial charge in [0.05, 0.1) is 5.60 Å². The number of nitrogens with zero attached hydrogens (tertiary/aromatic N) is 2. The van der Waals surface area contributed by atoms with Gasteiger partial charge in [0.15, 0.2) is 0 Å². The van der Waals surface area contributed by atoms with Crippen molar-refractivity contribution in [3.63, 3.8) is 0 Å². The standard InChI is InChI=1S/C24H36N2O3/c1-7-14-25(15-8-2)20(27)24-17-22(4,29-6)23(24,5)18-12-10-11-13-19(18)26(16-9-3)21(24)28/h10-13H,7-9,14-17H2,1-6H3/t22-,23-,24+/m0/s1. The fraction of sp³-hybridized carbons (Fsp3) is 0.667. The van der Waals surface area contributed by atoms with Crippen molar-refractivity contribution in [2.45, 2.75) is 71.3 Å². The monoisotopic (exact) mass is 400 g/mol. The average molecular weight is 401 g/mol. The SMILES string of the molecule is CCCN(CCC)C(=O)[C@@]12C[C@](C)(OC)[C@]1(C)c1ccccc1N(CCC)C2=O. The van der Waals surface area contributed by atoms with Crippen molar-refractivity contribution in [3.8, 4) is 0 Å². The van der Waals surface area contributed by atoms with Crippen LogP contribution in [0.15, 0.2) is 24.3 Å². The lowest BCUT2D eigenvalue weighted by Crippen LogP contribution is -2.81. The summed E-state index contributed by atoms with van der Waals surface area (Å²) in [6.07, 6.45) is 3.02. The molecule has 5 heteroatoms. The predicted octanol–water partition coefficient (Wildman–Crippen LogP) is 4.14. The molecule has 0 N–H and O–H groups in total. The van der Waals surface area contributed by atoms with Crippen LogP contribution >= 0.6 is 0 Å². The number of amides is 2. The molecule has 0 radical (unpaired) electrons.